The number of rotatable bonds is 8. The minimum Gasteiger partial charge on any atom is -0.491 e. The van der Waals surface area contributed by atoms with Crippen molar-refractivity contribution in [2.75, 3.05) is 13.2 Å². The molecule has 6 nitrogen and oxygen atoms in total. The number of halogens is 1. The van der Waals surface area contributed by atoms with Gasteiger partial charge in [0.25, 0.3) is 0 Å². The highest BCUT2D eigenvalue weighted by Crippen LogP contribution is 2.22. The fourth-order valence-corrected chi connectivity index (χ4v) is 3.56. The van der Waals surface area contributed by atoms with Crippen LogP contribution >= 0.6 is 12.4 Å². The minimum atomic E-state index is -0.561. The molecule has 3 rings (SSSR count). The average Bonchev–Trinajstić information content (AvgIpc) is 2.91. The topological polar surface area (TPSA) is 96.6 Å². The molecule has 0 aromatic heterocycles. The number of benzene rings is 2. The molecule has 0 saturated carbocycles. The van der Waals surface area contributed by atoms with Crippen LogP contribution in [-0.2, 0) is 19.4 Å². The molecule has 0 fully saturated rings. The van der Waals surface area contributed by atoms with Crippen LogP contribution in [0.5, 0.6) is 5.75 Å². The van der Waals surface area contributed by atoms with Gasteiger partial charge in [0.1, 0.15) is 18.5 Å². The van der Waals surface area contributed by atoms with Crippen molar-refractivity contribution in [1.82, 2.24) is 10.6 Å². The molecule has 0 spiro atoms. The van der Waals surface area contributed by atoms with E-state index in [0.29, 0.717) is 19.1 Å². The Hall–Kier alpha value is -2.28. The van der Waals surface area contributed by atoms with Crippen molar-refractivity contribution < 1.29 is 14.6 Å². The number of carbonyl (C=O) groups excluding carboxylic acids is 1. The van der Waals surface area contributed by atoms with E-state index in [1.165, 1.54) is 11.1 Å². The Morgan fingerprint density at radius 1 is 1.21 bits per heavy atom. The standard InChI is InChI=1S/C22H29N3O3.ClH/c23-22(27)25-13-16-9-10-17-5-4-6-19(12-18(17)11-16)24-14-20(26)15-28-21-7-2-1-3-8-21;/h1-3,7-11,19-20,24,26H,4-6,12-15H2,(H3,23,25,27);1H/t19?,20-;/m0./s1. The molecule has 7 heteroatoms. The quantitative estimate of drug-likeness (QED) is 0.494. The first-order valence-electron chi connectivity index (χ1n) is 9.83. The Labute approximate surface area is 178 Å². The number of nitrogens with two attached hydrogens (primary N) is 1. The van der Waals surface area contributed by atoms with Crippen LogP contribution in [0.1, 0.15) is 29.5 Å². The lowest BCUT2D eigenvalue weighted by Gasteiger charge is -2.20. The van der Waals surface area contributed by atoms with Crippen LogP contribution in [0.25, 0.3) is 0 Å². The molecular weight excluding hydrogens is 390 g/mol. The Morgan fingerprint density at radius 2 is 2.00 bits per heavy atom. The molecule has 1 aliphatic carbocycles. The molecule has 2 amide bonds. The largest absolute Gasteiger partial charge is 0.491 e. The zero-order chi connectivity index (χ0) is 19.8. The summed E-state index contributed by atoms with van der Waals surface area (Å²) in [6, 6.07) is 15.7. The number of nitrogens with one attached hydrogen (secondary N) is 2. The number of amides is 2. The van der Waals surface area contributed by atoms with E-state index in [1.54, 1.807) is 0 Å². The van der Waals surface area contributed by atoms with Gasteiger partial charge in [-0.1, -0.05) is 36.4 Å². The summed E-state index contributed by atoms with van der Waals surface area (Å²) in [6.07, 6.45) is 3.58. The molecule has 2 aromatic rings. The Balaban J connectivity index is 0.00000300. The molecule has 158 valence electrons. The van der Waals surface area contributed by atoms with Gasteiger partial charge in [0.15, 0.2) is 0 Å². The Kier molecular flexibility index (Phi) is 9.25. The molecule has 5 N–H and O–H groups in total. The van der Waals surface area contributed by atoms with Gasteiger partial charge in [-0.25, -0.2) is 4.79 Å². The number of hydrogen-bond donors (Lipinski definition) is 4. The second kappa shape index (κ2) is 11.7. The summed E-state index contributed by atoms with van der Waals surface area (Å²) >= 11 is 0. The summed E-state index contributed by atoms with van der Waals surface area (Å²) in [5.41, 5.74) is 8.87. The number of aliphatic hydroxyl groups excluding tert-OH is 1. The number of para-hydroxylation sites is 1. The first-order chi connectivity index (χ1) is 13.6. The number of carbonyl (C=O) groups is 1. The summed E-state index contributed by atoms with van der Waals surface area (Å²) in [5.74, 6) is 0.766. The minimum absolute atomic E-state index is 0. The Bertz CT molecular complexity index is 773. The number of primary amides is 1. The second-order valence-corrected chi connectivity index (χ2v) is 7.30. The van der Waals surface area contributed by atoms with Crippen molar-refractivity contribution in [3.05, 3.63) is 65.2 Å². The van der Waals surface area contributed by atoms with Crippen molar-refractivity contribution >= 4 is 18.4 Å². The predicted molar refractivity (Wildman–Crippen MR) is 116 cm³/mol. The van der Waals surface area contributed by atoms with Gasteiger partial charge in [-0.2, -0.15) is 0 Å². The molecule has 2 aromatic carbocycles. The zero-order valence-electron chi connectivity index (χ0n) is 16.5. The maximum Gasteiger partial charge on any atom is 0.312 e. The van der Waals surface area contributed by atoms with E-state index in [1.807, 2.05) is 36.4 Å². The SMILES string of the molecule is Cl.NC(=O)NCc1ccc2c(c1)CC(NC[C@H](O)COc1ccccc1)CCC2. The number of urea groups is 1. The lowest BCUT2D eigenvalue weighted by atomic mass is 9.99. The lowest BCUT2D eigenvalue weighted by molar-refractivity contribution is 0.103. The second-order valence-electron chi connectivity index (χ2n) is 7.30. The van der Waals surface area contributed by atoms with Gasteiger partial charge in [0.2, 0.25) is 0 Å². The predicted octanol–water partition coefficient (Wildman–Crippen LogP) is 2.55. The average molecular weight is 420 g/mol. The van der Waals surface area contributed by atoms with Crippen molar-refractivity contribution in [3.8, 4) is 5.75 Å². The highest BCUT2D eigenvalue weighted by molar-refractivity contribution is 5.85. The van der Waals surface area contributed by atoms with E-state index < -0.39 is 12.1 Å². The summed E-state index contributed by atoms with van der Waals surface area (Å²) in [7, 11) is 0. The number of hydrogen-bond acceptors (Lipinski definition) is 4. The van der Waals surface area contributed by atoms with E-state index in [0.717, 1.165) is 37.0 Å². The van der Waals surface area contributed by atoms with Crippen molar-refractivity contribution in [3.63, 3.8) is 0 Å². The van der Waals surface area contributed by atoms with E-state index in [4.69, 9.17) is 10.5 Å². The van der Waals surface area contributed by atoms with Crippen molar-refractivity contribution in [2.24, 2.45) is 5.73 Å². The first kappa shape index (κ1) is 23.0. The molecule has 2 atom stereocenters. The van der Waals surface area contributed by atoms with Crippen LogP contribution in [-0.4, -0.2) is 36.4 Å². The highest BCUT2D eigenvalue weighted by Gasteiger charge is 2.18. The Morgan fingerprint density at radius 3 is 2.76 bits per heavy atom. The molecule has 1 unspecified atom stereocenters. The van der Waals surface area contributed by atoms with E-state index in [9.17, 15) is 9.90 Å². The third-order valence-corrected chi connectivity index (χ3v) is 5.03. The lowest BCUT2D eigenvalue weighted by Crippen LogP contribution is -2.39. The molecular formula is C22H30ClN3O3. The summed E-state index contributed by atoms with van der Waals surface area (Å²) in [4.78, 5) is 10.9. The van der Waals surface area contributed by atoms with Gasteiger partial charge in [-0.3, -0.25) is 0 Å². The molecule has 1 aliphatic rings. The summed E-state index contributed by atoms with van der Waals surface area (Å²) < 4.78 is 5.62. The molecule has 0 bridgehead atoms. The monoisotopic (exact) mass is 419 g/mol. The smallest absolute Gasteiger partial charge is 0.312 e. The van der Waals surface area contributed by atoms with Gasteiger partial charge in [-0.15, -0.1) is 12.4 Å². The summed E-state index contributed by atoms with van der Waals surface area (Å²) in [6.45, 7) is 1.20. The number of aryl methyl sites for hydroxylation is 1. The van der Waals surface area contributed by atoms with Crippen LogP contribution in [0.3, 0.4) is 0 Å². The van der Waals surface area contributed by atoms with Gasteiger partial charge in [0, 0.05) is 19.1 Å². The zero-order valence-corrected chi connectivity index (χ0v) is 17.3. The molecule has 0 saturated heterocycles. The van der Waals surface area contributed by atoms with Crippen molar-refractivity contribution in [1.29, 1.82) is 0 Å². The van der Waals surface area contributed by atoms with Gasteiger partial charge in [0.05, 0.1) is 0 Å². The van der Waals surface area contributed by atoms with E-state index in [2.05, 4.69) is 22.8 Å². The van der Waals surface area contributed by atoms with Gasteiger partial charge < -0.3 is 26.2 Å². The van der Waals surface area contributed by atoms with Crippen molar-refractivity contribution in [2.45, 2.75) is 44.4 Å². The van der Waals surface area contributed by atoms with Crippen LogP contribution in [0.15, 0.2) is 48.5 Å². The fourth-order valence-electron chi connectivity index (χ4n) is 3.56. The number of fused-ring (bicyclic) bond motifs is 1. The highest BCUT2D eigenvalue weighted by atomic mass is 35.5. The van der Waals surface area contributed by atoms with Crippen LogP contribution in [0, 0.1) is 0 Å². The number of aliphatic hydroxyl groups is 1. The van der Waals surface area contributed by atoms with Crippen LogP contribution in [0.4, 0.5) is 4.79 Å². The molecule has 0 radical (unpaired) electrons. The fraction of sp³-hybridized carbons (Fsp3) is 0.409. The third-order valence-electron chi connectivity index (χ3n) is 5.03. The molecule has 0 aliphatic heterocycles. The third kappa shape index (κ3) is 7.57. The van der Waals surface area contributed by atoms with Gasteiger partial charge >= 0.3 is 6.03 Å². The first-order valence-corrected chi connectivity index (χ1v) is 9.83. The maximum absolute atomic E-state index is 10.9. The number of ether oxygens (including phenoxy) is 1. The van der Waals surface area contributed by atoms with Crippen LogP contribution < -0.4 is 21.1 Å². The normalized spacial score (nSPS) is 16.7. The summed E-state index contributed by atoms with van der Waals surface area (Å²) in [5, 5.41) is 16.4. The molecule has 29 heavy (non-hydrogen) atoms. The molecule has 0 heterocycles. The van der Waals surface area contributed by atoms with Crippen LogP contribution in [0.2, 0.25) is 0 Å². The van der Waals surface area contributed by atoms with Gasteiger partial charge in [-0.05, 0) is 54.5 Å². The maximum atomic E-state index is 10.9. The van der Waals surface area contributed by atoms with E-state index in [-0.39, 0.29) is 19.0 Å². The van der Waals surface area contributed by atoms with E-state index >= 15 is 0 Å².